The first-order valence-corrected chi connectivity index (χ1v) is 26.4. The van der Waals surface area contributed by atoms with Crippen molar-refractivity contribution in [2.24, 2.45) is 40.4 Å². The van der Waals surface area contributed by atoms with E-state index in [1.807, 2.05) is 13.8 Å². The maximum absolute atomic E-state index is 13.1. The largest absolute Gasteiger partial charge is 0.394 e. The third kappa shape index (κ3) is 9.82. The number of aliphatic hydroxyl groups excluding tert-OH is 12. The van der Waals surface area contributed by atoms with Crippen LogP contribution in [0.3, 0.4) is 0 Å². The molecule has 8 fully saturated rings. The van der Waals surface area contributed by atoms with Gasteiger partial charge in [-0.05, 0) is 75.0 Å². The fourth-order valence-corrected chi connectivity index (χ4v) is 14.7. The van der Waals surface area contributed by atoms with Crippen LogP contribution in [0.15, 0.2) is 11.6 Å². The summed E-state index contributed by atoms with van der Waals surface area (Å²) in [6.45, 7) is 8.20. The van der Waals surface area contributed by atoms with E-state index in [-0.39, 0.29) is 47.7 Å². The number of rotatable bonds is 14. The van der Waals surface area contributed by atoms with E-state index in [1.54, 1.807) is 0 Å². The summed E-state index contributed by atoms with van der Waals surface area (Å²) in [5.41, 5.74) is -0.830. The molecular formula is C50H82O23. The number of hydrogen-bond donors (Lipinski definition) is 14. The van der Waals surface area contributed by atoms with Crippen LogP contribution >= 0.6 is 0 Å². The summed E-state index contributed by atoms with van der Waals surface area (Å²) in [4.78, 5) is 0. The Morgan fingerprint density at radius 3 is 2.05 bits per heavy atom. The molecule has 3 saturated carbocycles. The number of hydrogen-bond acceptors (Lipinski definition) is 23. The Labute approximate surface area is 424 Å². The van der Waals surface area contributed by atoms with Crippen molar-refractivity contribution in [3.05, 3.63) is 11.6 Å². The lowest BCUT2D eigenvalue weighted by Crippen LogP contribution is -2.66. The molecule has 0 spiro atoms. The van der Waals surface area contributed by atoms with Gasteiger partial charge in [0.25, 0.3) is 0 Å². The zero-order valence-electron chi connectivity index (χ0n) is 42.2. The van der Waals surface area contributed by atoms with E-state index in [0.717, 1.165) is 12.0 Å². The second kappa shape index (κ2) is 21.5. The topological polar surface area (TPSA) is 366 Å². The van der Waals surface area contributed by atoms with Crippen LogP contribution in [0.1, 0.15) is 92.4 Å². The summed E-state index contributed by atoms with van der Waals surface area (Å²) < 4.78 is 54.0. The highest BCUT2D eigenvalue weighted by atomic mass is 16.8. The summed E-state index contributed by atoms with van der Waals surface area (Å²) in [6, 6.07) is 0. The van der Waals surface area contributed by atoms with Crippen molar-refractivity contribution in [1.82, 2.24) is 0 Å². The van der Waals surface area contributed by atoms with E-state index < -0.39 is 159 Å². The normalized spacial score (nSPS) is 55.5. The van der Waals surface area contributed by atoms with Gasteiger partial charge in [-0.2, -0.15) is 0 Å². The van der Waals surface area contributed by atoms with Crippen LogP contribution in [0.25, 0.3) is 0 Å². The molecular weight excluding hydrogens is 969 g/mol. The van der Waals surface area contributed by atoms with Crippen molar-refractivity contribution < 1.29 is 114 Å². The van der Waals surface area contributed by atoms with Crippen LogP contribution < -0.4 is 0 Å². The molecule has 30 atom stereocenters. The van der Waals surface area contributed by atoms with Gasteiger partial charge in [-0.15, -0.1) is 0 Å². The third-order valence-corrected chi connectivity index (χ3v) is 19.3. The maximum Gasteiger partial charge on any atom is 0.187 e. The number of ether oxygens (including phenoxy) is 9. The van der Waals surface area contributed by atoms with Crippen molar-refractivity contribution in [2.45, 2.75) is 233 Å². The Balaban J connectivity index is 0.857. The Morgan fingerprint density at radius 1 is 0.685 bits per heavy atom. The Hall–Kier alpha value is -1.18. The lowest BCUT2D eigenvalue weighted by molar-refractivity contribution is -0.385. The molecule has 5 saturated heterocycles. The van der Waals surface area contributed by atoms with Crippen molar-refractivity contribution >= 4 is 0 Å². The van der Waals surface area contributed by atoms with Gasteiger partial charge in [0, 0.05) is 30.1 Å². The summed E-state index contributed by atoms with van der Waals surface area (Å²) in [5.74, 6) is -2.03. The first-order chi connectivity index (χ1) is 34.4. The second-order valence-corrected chi connectivity index (χ2v) is 23.5. The number of allylic oxidation sites excluding steroid dienone is 1. The lowest BCUT2D eigenvalue weighted by Gasteiger charge is -2.61. The van der Waals surface area contributed by atoms with Gasteiger partial charge in [-0.3, -0.25) is 0 Å². The first kappa shape index (κ1) is 56.5. The maximum atomic E-state index is 13.1. The highest BCUT2D eigenvalue weighted by Crippen LogP contribution is 2.71. The quantitative estimate of drug-likeness (QED) is 0.0760. The van der Waals surface area contributed by atoms with Crippen LogP contribution in [0.2, 0.25) is 0 Å². The van der Waals surface area contributed by atoms with Crippen molar-refractivity contribution in [3.8, 4) is 0 Å². The number of fused-ring (bicyclic) bond motifs is 7. The van der Waals surface area contributed by atoms with Gasteiger partial charge < -0.3 is 114 Å². The van der Waals surface area contributed by atoms with Gasteiger partial charge in [-0.1, -0.05) is 39.3 Å². The first-order valence-electron chi connectivity index (χ1n) is 26.4. The molecule has 0 unspecified atom stereocenters. The van der Waals surface area contributed by atoms with E-state index >= 15 is 0 Å². The van der Waals surface area contributed by atoms with E-state index in [9.17, 15) is 71.5 Å². The van der Waals surface area contributed by atoms with Crippen LogP contribution in [0.4, 0.5) is 0 Å². The standard InChI is InChI=1S/C50H82O23/c1-20(18-65-43-38(60)36(58)34(56)29(16-51)69-43)8-13-50(64)21(2)31-28(73-50)15-49(63)26-7-6-23-14-24(9-11-47(23,4)25(26)10-12-48(31,49)5)68-46-42(72-45-39(61)35(57)32(54)22(3)67-45)40(62)41(30(17-52)70-46)71-44-37(59)33(55)27(53)19-66-44/h6,20-22,24-46,51-64H,7-19H2,1-5H3/t20-,21+,22+,24+,25+,26-,27-,28+,29-,30-,31+,32+,33+,34-,35-,36+,37-,38-,39-,40+,41-,42-,43-,44+,45+,46-,47+,48-,49-,50-/m1/s1. The molecule has 23 heteroatoms. The Morgan fingerprint density at radius 2 is 1.34 bits per heavy atom. The molecule has 420 valence electrons. The van der Waals surface area contributed by atoms with Gasteiger partial charge in [0.2, 0.25) is 0 Å². The summed E-state index contributed by atoms with van der Waals surface area (Å²) >= 11 is 0. The van der Waals surface area contributed by atoms with Gasteiger partial charge >= 0.3 is 0 Å². The monoisotopic (exact) mass is 1050 g/mol. The molecule has 5 heterocycles. The molecule has 0 bridgehead atoms. The predicted molar refractivity (Wildman–Crippen MR) is 246 cm³/mol. The van der Waals surface area contributed by atoms with Crippen LogP contribution in [0.5, 0.6) is 0 Å². The molecule has 73 heavy (non-hydrogen) atoms. The van der Waals surface area contributed by atoms with Gasteiger partial charge in [0.1, 0.15) is 85.5 Å². The van der Waals surface area contributed by atoms with Crippen molar-refractivity contribution in [1.29, 1.82) is 0 Å². The minimum atomic E-state index is -1.77. The smallest absolute Gasteiger partial charge is 0.187 e. The van der Waals surface area contributed by atoms with Gasteiger partial charge in [0.05, 0.1) is 50.3 Å². The fourth-order valence-electron chi connectivity index (χ4n) is 14.7. The van der Waals surface area contributed by atoms with Gasteiger partial charge in [0.15, 0.2) is 30.9 Å². The third-order valence-electron chi connectivity index (χ3n) is 19.3. The van der Waals surface area contributed by atoms with E-state index in [4.69, 9.17) is 42.6 Å². The molecule has 5 aliphatic heterocycles. The molecule has 9 aliphatic rings. The molecule has 14 N–H and O–H groups in total. The zero-order chi connectivity index (χ0) is 52.9. The highest BCUT2D eigenvalue weighted by Gasteiger charge is 2.74. The molecule has 0 aromatic carbocycles. The summed E-state index contributed by atoms with van der Waals surface area (Å²) in [6.07, 6.45) is -21.9. The zero-order valence-corrected chi connectivity index (χ0v) is 42.2. The Bertz CT molecular complexity index is 1920. The van der Waals surface area contributed by atoms with E-state index in [1.165, 1.54) is 6.92 Å². The van der Waals surface area contributed by atoms with Crippen molar-refractivity contribution in [3.63, 3.8) is 0 Å². The molecule has 0 aromatic rings. The average Bonchev–Trinajstić information content (AvgIpc) is 3.75. The predicted octanol–water partition coefficient (Wildman–Crippen LogP) is -3.25. The van der Waals surface area contributed by atoms with Crippen LogP contribution in [-0.4, -0.2) is 238 Å². The molecule has 9 rings (SSSR count). The molecule has 0 amide bonds. The SMILES string of the molecule is C[C@H](CC[C@@]1(O)O[C@H]2C[C@@]3(O)[C@@H]4CC=C5C[C@@H](O[C@@H]6O[C@H](CO)[C@@H](O[C@@H]7OC[C@@H](O)[C@H](O)[C@H]7O)[C@H](O)[C@H]6O[C@@H]6O[C@@H](C)[C@H](O)[C@@H](O)[C@H]6O)CC[C@]5(C)[C@H]4CC[C@]3(C)[C@H]2[C@@H]1C)CO[C@@H]1O[C@H](CO)[C@@H](O)[C@H](O)[C@H]1O. The number of aliphatic hydroxyl groups is 14. The summed E-state index contributed by atoms with van der Waals surface area (Å²) in [7, 11) is 0. The fraction of sp³-hybridized carbons (Fsp3) is 0.960. The minimum absolute atomic E-state index is 0.0994. The van der Waals surface area contributed by atoms with Crippen LogP contribution in [-0.2, 0) is 42.6 Å². The minimum Gasteiger partial charge on any atom is -0.394 e. The van der Waals surface area contributed by atoms with Crippen molar-refractivity contribution in [2.75, 3.05) is 26.4 Å². The van der Waals surface area contributed by atoms with Gasteiger partial charge in [-0.25, -0.2) is 0 Å². The van der Waals surface area contributed by atoms with Crippen LogP contribution in [0, 0.1) is 40.4 Å². The Kier molecular flexibility index (Phi) is 16.6. The highest BCUT2D eigenvalue weighted by molar-refractivity contribution is 5.29. The van der Waals surface area contributed by atoms with E-state index in [2.05, 4.69) is 19.9 Å². The average molecular weight is 1050 g/mol. The van der Waals surface area contributed by atoms with E-state index in [0.29, 0.717) is 51.4 Å². The molecule has 4 aliphatic carbocycles. The molecule has 0 radical (unpaired) electrons. The lowest BCUT2D eigenvalue weighted by atomic mass is 9.45. The molecule has 23 nitrogen and oxygen atoms in total. The summed E-state index contributed by atoms with van der Waals surface area (Å²) in [5, 5.41) is 151. The second-order valence-electron chi connectivity index (χ2n) is 23.5. The molecule has 0 aromatic heterocycles.